The van der Waals surface area contributed by atoms with Crippen LogP contribution in [0, 0.1) is 17.2 Å². The normalized spacial score (nSPS) is 23.1. The maximum absolute atomic E-state index is 13.3. The highest BCUT2D eigenvalue weighted by Crippen LogP contribution is 2.35. The Kier molecular flexibility index (Phi) is 9.85. The van der Waals surface area contributed by atoms with Crippen molar-refractivity contribution in [2.75, 3.05) is 24.5 Å². The quantitative estimate of drug-likeness (QED) is 0.305. The van der Waals surface area contributed by atoms with Gasteiger partial charge in [-0.05, 0) is 111 Å². The van der Waals surface area contributed by atoms with Gasteiger partial charge in [-0.3, -0.25) is 39.1 Å². The molecule has 0 spiro atoms. The number of amides is 5. The van der Waals surface area contributed by atoms with Crippen molar-refractivity contribution in [3.8, 4) is 11.8 Å². The summed E-state index contributed by atoms with van der Waals surface area (Å²) in [7, 11) is 0. The lowest BCUT2D eigenvalue weighted by Crippen LogP contribution is -2.54. The number of hydrogen-bond donors (Lipinski definition) is 2. The van der Waals surface area contributed by atoms with E-state index >= 15 is 0 Å². The summed E-state index contributed by atoms with van der Waals surface area (Å²) in [5, 5.41) is 14.9. The van der Waals surface area contributed by atoms with Crippen LogP contribution >= 0.6 is 11.6 Å². The van der Waals surface area contributed by atoms with E-state index in [4.69, 9.17) is 21.6 Å². The smallest absolute Gasteiger partial charge is 0.262 e. The van der Waals surface area contributed by atoms with Gasteiger partial charge in [0.15, 0.2) is 0 Å². The zero-order chi connectivity index (χ0) is 37.5. The highest BCUT2D eigenvalue weighted by atomic mass is 35.5. The molecule has 13 heteroatoms. The molecule has 1 atom stereocenters. The summed E-state index contributed by atoms with van der Waals surface area (Å²) in [6, 6.07) is 17.8. The molecule has 0 aromatic heterocycles. The van der Waals surface area contributed by atoms with Crippen LogP contribution in [0.2, 0.25) is 5.02 Å². The third-order valence-corrected chi connectivity index (χ3v) is 11.9. The van der Waals surface area contributed by atoms with Crippen LogP contribution in [0.15, 0.2) is 54.6 Å². The maximum atomic E-state index is 13.3. The molecule has 1 aliphatic carbocycles. The second kappa shape index (κ2) is 14.9. The Bertz CT molecular complexity index is 2020. The number of ether oxygens (including phenoxy) is 1. The van der Waals surface area contributed by atoms with Gasteiger partial charge in [-0.1, -0.05) is 11.6 Å². The first-order chi connectivity index (χ1) is 26.1. The number of imide groups is 2. The number of fused-ring (bicyclic) bond motifs is 2. The second-order valence-electron chi connectivity index (χ2n) is 15.1. The van der Waals surface area contributed by atoms with Gasteiger partial charge in [0.25, 0.3) is 17.7 Å². The number of nitrogens with one attached hydrogen (secondary N) is 2. The first-order valence-corrected chi connectivity index (χ1v) is 19.1. The summed E-state index contributed by atoms with van der Waals surface area (Å²) in [6.07, 6.45) is 5.64. The minimum Gasteiger partial charge on any atom is -0.490 e. The lowest BCUT2D eigenvalue weighted by atomic mass is 9.92. The van der Waals surface area contributed by atoms with Crippen LogP contribution < -0.4 is 20.3 Å². The summed E-state index contributed by atoms with van der Waals surface area (Å²) >= 11 is 6.15. The van der Waals surface area contributed by atoms with Crippen LogP contribution in [-0.4, -0.2) is 77.2 Å². The van der Waals surface area contributed by atoms with Crippen molar-refractivity contribution >= 4 is 46.8 Å². The van der Waals surface area contributed by atoms with E-state index in [0.717, 1.165) is 79.9 Å². The Balaban J connectivity index is 0.780. The standard InChI is InChI=1S/C41H41ClN6O6/c42-35-19-32(8-3-26(35)20-43)54-31-9-4-29(5-10-31)44-38(50)25-1-6-30(7-2-25)47-15-13-24(14-16-47)21-46-22-27-17-33-34(18-28(27)23-46)41(53)48(40(33)52)36-11-12-37(49)45-39(36)51/h1-3,6-8,17-19,24,29,31,36H,4-5,9-16,21-23H2,(H,44,50)(H,45,49,51). The molecule has 5 amide bonds. The van der Waals surface area contributed by atoms with Gasteiger partial charge in [0.05, 0.1) is 27.8 Å². The molecule has 2 saturated heterocycles. The number of nitrogens with zero attached hydrogens (tertiary/aromatic N) is 4. The number of piperidine rings is 2. The number of halogens is 1. The van der Waals surface area contributed by atoms with Gasteiger partial charge < -0.3 is 15.0 Å². The van der Waals surface area contributed by atoms with E-state index in [-0.39, 0.29) is 36.8 Å². The van der Waals surface area contributed by atoms with Gasteiger partial charge in [0.2, 0.25) is 11.8 Å². The minimum atomic E-state index is -0.961. The Hall–Kier alpha value is -5.25. The molecule has 3 fully saturated rings. The Morgan fingerprint density at radius 3 is 2.15 bits per heavy atom. The molecule has 1 saturated carbocycles. The molecule has 4 heterocycles. The zero-order valence-electron chi connectivity index (χ0n) is 29.8. The number of carbonyl (C=O) groups is 5. The lowest BCUT2D eigenvalue weighted by Gasteiger charge is -2.35. The predicted molar refractivity (Wildman–Crippen MR) is 199 cm³/mol. The van der Waals surface area contributed by atoms with Crippen molar-refractivity contribution in [3.63, 3.8) is 0 Å². The number of anilines is 1. The van der Waals surface area contributed by atoms with Crippen LogP contribution in [-0.2, 0) is 22.7 Å². The first kappa shape index (κ1) is 35.8. The van der Waals surface area contributed by atoms with E-state index < -0.39 is 23.8 Å². The van der Waals surface area contributed by atoms with Crippen LogP contribution in [0.25, 0.3) is 0 Å². The van der Waals surface area contributed by atoms with E-state index in [1.54, 1.807) is 18.2 Å². The summed E-state index contributed by atoms with van der Waals surface area (Å²) < 4.78 is 6.09. The number of carbonyl (C=O) groups excluding carboxylic acids is 5. The van der Waals surface area contributed by atoms with Crippen LogP contribution in [0.4, 0.5) is 5.69 Å². The molecule has 8 rings (SSSR count). The Morgan fingerprint density at radius 2 is 1.54 bits per heavy atom. The number of rotatable bonds is 8. The number of hydrogen-bond acceptors (Lipinski definition) is 9. The molecule has 1 unspecified atom stereocenters. The third kappa shape index (κ3) is 7.18. The minimum absolute atomic E-state index is 0.0404. The molecule has 0 radical (unpaired) electrons. The van der Waals surface area contributed by atoms with E-state index in [2.05, 4.69) is 26.5 Å². The first-order valence-electron chi connectivity index (χ1n) is 18.8. The van der Waals surface area contributed by atoms with Crippen molar-refractivity contribution in [3.05, 3.63) is 93.0 Å². The molecule has 278 valence electrons. The number of nitriles is 1. The fourth-order valence-corrected chi connectivity index (χ4v) is 8.79. The van der Waals surface area contributed by atoms with Crippen molar-refractivity contribution in [2.45, 2.75) is 82.6 Å². The van der Waals surface area contributed by atoms with E-state index in [0.29, 0.717) is 52.0 Å². The van der Waals surface area contributed by atoms with Gasteiger partial charge in [-0.25, -0.2) is 0 Å². The topological polar surface area (TPSA) is 152 Å². The molecule has 54 heavy (non-hydrogen) atoms. The highest BCUT2D eigenvalue weighted by Gasteiger charge is 2.45. The van der Waals surface area contributed by atoms with Crippen LogP contribution in [0.3, 0.4) is 0 Å². The fourth-order valence-electron chi connectivity index (χ4n) is 8.58. The SMILES string of the molecule is N#Cc1ccc(OC2CCC(NC(=O)c3ccc(N4CCC(CN5Cc6cc7c(cc6C5)C(=O)N(C5CCC(=O)NC5=O)C7=O)CC4)cc3)CC2)cc1Cl. The van der Waals surface area contributed by atoms with Crippen molar-refractivity contribution in [2.24, 2.45) is 5.92 Å². The molecule has 5 aliphatic rings. The predicted octanol–water partition coefficient (Wildman–Crippen LogP) is 4.97. The van der Waals surface area contributed by atoms with Gasteiger partial charge in [-0.15, -0.1) is 0 Å². The van der Waals surface area contributed by atoms with Gasteiger partial charge in [0.1, 0.15) is 17.9 Å². The van der Waals surface area contributed by atoms with E-state index in [1.807, 2.05) is 36.4 Å². The molecule has 2 N–H and O–H groups in total. The average molecular weight is 749 g/mol. The van der Waals surface area contributed by atoms with Crippen molar-refractivity contribution in [1.29, 1.82) is 5.26 Å². The Labute approximate surface area is 318 Å². The van der Waals surface area contributed by atoms with Gasteiger partial charge in [0, 0.05) is 62.5 Å². The van der Waals surface area contributed by atoms with Gasteiger partial charge >= 0.3 is 0 Å². The molecule has 4 aliphatic heterocycles. The molecule has 3 aromatic rings. The van der Waals surface area contributed by atoms with E-state index in [1.165, 1.54) is 0 Å². The second-order valence-corrected chi connectivity index (χ2v) is 15.5. The summed E-state index contributed by atoms with van der Waals surface area (Å²) in [5.41, 5.74) is 4.92. The fraction of sp³-hybridized carbons (Fsp3) is 0.415. The summed E-state index contributed by atoms with van der Waals surface area (Å²) in [6.45, 7) is 4.17. The van der Waals surface area contributed by atoms with E-state index in [9.17, 15) is 24.0 Å². The molecule has 12 nitrogen and oxygen atoms in total. The van der Waals surface area contributed by atoms with Gasteiger partial charge in [-0.2, -0.15) is 5.26 Å². The summed E-state index contributed by atoms with van der Waals surface area (Å²) in [5.74, 6) is -0.827. The zero-order valence-corrected chi connectivity index (χ0v) is 30.6. The number of benzene rings is 3. The largest absolute Gasteiger partial charge is 0.490 e. The summed E-state index contributed by atoms with van der Waals surface area (Å²) in [4.78, 5) is 69.4. The Morgan fingerprint density at radius 1 is 0.870 bits per heavy atom. The molecular weight excluding hydrogens is 708 g/mol. The molecular formula is C41H41ClN6O6. The molecule has 0 bridgehead atoms. The maximum Gasteiger partial charge on any atom is 0.262 e. The third-order valence-electron chi connectivity index (χ3n) is 11.5. The van der Waals surface area contributed by atoms with Crippen molar-refractivity contribution in [1.82, 2.24) is 20.4 Å². The van der Waals surface area contributed by atoms with Crippen molar-refractivity contribution < 1.29 is 28.7 Å². The monoisotopic (exact) mass is 748 g/mol. The highest BCUT2D eigenvalue weighted by molar-refractivity contribution is 6.31. The lowest BCUT2D eigenvalue weighted by molar-refractivity contribution is -0.136. The molecule has 3 aromatic carbocycles. The van der Waals surface area contributed by atoms with Crippen LogP contribution in [0.5, 0.6) is 5.75 Å². The average Bonchev–Trinajstić information content (AvgIpc) is 3.67. The van der Waals surface area contributed by atoms with Crippen LogP contribution in [0.1, 0.15) is 99.1 Å².